The summed E-state index contributed by atoms with van der Waals surface area (Å²) in [6, 6.07) is 10.8. The van der Waals surface area contributed by atoms with Crippen molar-refractivity contribution in [2.24, 2.45) is 5.73 Å². The Balaban J connectivity index is 1.49. The summed E-state index contributed by atoms with van der Waals surface area (Å²) in [6.45, 7) is 3.35. The van der Waals surface area contributed by atoms with Gasteiger partial charge in [-0.1, -0.05) is 35.9 Å². The zero-order valence-corrected chi connectivity index (χ0v) is 25.8. The lowest BCUT2D eigenvalue weighted by atomic mass is 9.92. The molecular weight excluding hydrogens is 584 g/mol. The van der Waals surface area contributed by atoms with Crippen molar-refractivity contribution in [3.63, 3.8) is 0 Å². The van der Waals surface area contributed by atoms with Gasteiger partial charge < -0.3 is 31.5 Å². The van der Waals surface area contributed by atoms with Crippen molar-refractivity contribution < 1.29 is 24.0 Å². The van der Waals surface area contributed by atoms with Crippen molar-refractivity contribution in [1.29, 1.82) is 0 Å². The summed E-state index contributed by atoms with van der Waals surface area (Å²) in [5.41, 5.74) is 8.54. The largest absolute Gasteiger partial charge is 0.355 e. The molecule has 236 valence electrons. The Bertz CT molecular complexity index is 1380. The van der Waals surface area contributed by atoms with E-state index in [-0.39, 0.29) is 63.0 Å². The van der Waals surface area contributed by atoms with Gasteiger partial charge in [-0.05, 0) is 67.5 Å². The van der Waals surface area contributed by atoms with E-state index in [9.17, 15) is 24.0 Å². The van der Waals surface area contributed by atoms with Crippen LogP contribution in [0.15, 0.2) is 42.5 Å². The lowest BCUT2D eigenvalue weighted by Gasteiger charge is -2.37. The van der Waals surface area contributed by atoms with Gasteiger partial charge in [0.1, 0.15) is 12.1 Å². The first kappa shape index (κ1) is 32.9. The second-order valence-electron chi connectivity index (χ2n) is 11.3. The summed E-state index contributed by atoms with van der Waals surface area (Å²) < 4.78 is 0. The molecule has 0 bridgehead atoms. The highest BCUT2D eigenvalue weighted by Crippen LogP contribution is 2.25. The first-order valence-corrected chi connectivity index (χ1v) is 15.5. The molecule has 1 fully saturated rings. The van der Waals surface area contributed by atoms with Crippen LogP contribution in [0.3, 0.4) is 0 Å². The summed E-state index contributed by atoms with van der Waals surface area (Å²) in [7, 11) is 0. The molecule has 0 spiro atoms. The van der Waals surface area contributed by atoms with Crippen molar-refractivity contribution >= 4 is 46.8 Å². The molecule has 11 nitrogen and oxygen atoms in total. The highest BCUT2D eigenvalue weighted by Gasteiger charge is 2.36. The van der Waals surface area contributed by atoms with Crippen LogP contribution in [-0.2, 0) is 36.9 Å². The molecule has 0 aromatic heterocycles. The van der Waals surface area contributed by atoms with Gasteiger partial charge in [0.2, 0.25) is 29.5 Å². The maximum atomic E-state index is 13.8. The van der Waals surface area contributed by atoms with E-state index in [1.807, 2.05) is 31.2 Å². The van der Waals surface area contributed by atoms with E-state index in [1.54, 1.807) is 23.1 Å². The predicted octanol–water partition coefficient (Wildman–Crippen LogP) is 2.28. The highest BCUT2D eigenvalue weighted by molar-refractivity contribution is 6.31. The fourth-order valence-electron chi connectivity index (χ4n) is 5.59. The normalized spacial score (nSPS) is 16.8. The number of carbonyl (C=O) groups excluding carboxylic acids is 5. The number of nitrogens with zero attached hydrogens (tertiary/aromatic N) is 2. The Morgan fingerprint density at radius 3 is 2.39 bits per heavy atom. The monoisotopic (exact) mass is 624 g/mol. The molecule has 0 radical (unpaired) electrons. The van der Waals surface area contributed by atoms with Gasteiger partial charge in [0.05, 0.1) is 6.54 Å². The number of nitrogens with one attached hydrogen (secondary N) is 3. The number of fused-ring (bicyclic) bond motifs is 1. The smallest absolute Gasteiger partial charge is 0.247 e. The Kier molecular flexibility index (Phi) is 11.7. The molecular formula is C32H41ClN6O5. The van der Waals surface area contributed by atoms with Gasteiger partial charge >= 0.3 is 0 Å². The molecule has 1 saturated heterocycles. The van der Waals surface area contributed by atoms with E-state index < -0.39 is 23.9 Å². The predicted molar refractivity (Wildman–Crippen MR) is 168 cm³/mol. The number of amides is 5. The minimum absolute atomic E-state index is 0.00771. The second-order valence-corrected chi connectivity index (χ2v) is 11.7. The third-order valence-corrected chi connectivity index (χ3v) is 8.56. The van der Waals surface area contributed by atoms with Crippen molar-refractivity contribution in [3.05, 3.63) is 64.2 Å². The summed E-state index contributed by atoms with van der Waals surface area (Å²) in [5, 5.41) is 8.82. The van der Waals surface area contributed by atoms with Gasteiger partial charge in [-0.25, -0.2) is 0 Å². The van der Waals surface area contributed by atoms with Crippen LogP contribution in [-0.4, -0.2) is 77.6 Å². The van der Waals surface area contributed by atoms with Crippen LogP contribution < -0.4 is 21.7 Å². The molecule has 2 heterocycles. The summed E-state index contributed by atoms with van der Waals surface area (Å²) in [4.78, 5) is 68.6. The summed E-state index contributed by atoms with van der Waals surface area (Å²) in [5.74, 6) is -1.71. The van der Waals surface area contributed by atoms with Crippen molar-refractivity contribution in [2.45, 2.75) is 70.5 Å². The first-order valence-electron chi connectivity index (χ1n) is 15.1. The number of hydrogen-bond donors (Lipinski definition) is 4. The SMILES string of the molecule is Cc1cc(NC(=O)C(CCNC(=O)CN)NC(=O)[C@@H]2Cc3ccccc3CN2C(=O)CCC(=O)N2CCCCC2)ccc1Cl. The molecule has 4 rings (SSSR count). The van der Waals surface area contributed by atoms with Gasteiger partial charge in [-0.15, -0.1) is 0 Å². The molecule has 44 heavy (non-hydrogen) atoms. The molecule has 2 aliphatic rings. The standard InChI is InChI=1S/C32H41ClN6O5/c1-21-17-24(9-10-25(21)33)36-31(43)26(13-14-35-28(40)19-34)37-32(44)27-18-22-7-3-4-8-23(22)20-39(27)30(42)12-11-29(41)38-15-5-2-6-16-38/h3-4,7-10,17,26-27H,2,5-6,11-16,18-20,34H2,1H3,(H,35,40)(H,36,43)(H,37,44)/t26?,27-/m0/s1. The second kappa shape index (κ2) is 15.7. The third kappa shape index (κ3) is 8.79. The number of rotatable bonds is 11. The number of piperidine rings is 1. The van der Waals surface area contributed by atoms with Crippen LogP contribution in [0.2, 0.25) is 5.02 Å². The van der Waals surface area contributed by atoms with Gasteiger partial charge in [0.15, 0.2) is 0 Å². The van der Waals surface area contributed by atoms with Crippen LogP contribution in [0.4, 0.5) is 5.69 Å². The molecule has 2 atom stereocenters. The summed E-state index contributed by atoms with van der Waals surface area (Å²) in [6.07, 6.45) is 3.47. The van der Waals surface area contributed by atoms with E-state index in [0.717, 1.165) is 36.0 Å². The molecule has 2 aromatic rings. The summed E-state index contributed by atoms with van der Waals surface area (Å²) >= 11 is 6.13. The minimum Gasteiger partial charge on any atom is -0.355 e. The van der Waals surface area contributed by atoms with Gasteiger partial charge in [-0.2, -0.15) is 0 Å². The van der Waals surface area contributed by atoms with Crippen LogP contribution in [0.5, 0.6) is 0 Å². The molecule has 5 N–H and O–H groups in total. The van der Waals surface area contributed by atoms with Crippen LogP contribution >= 0.6 is 11.6 Å². The van der Waals surface area contributed by atoms with Crippen molar-refractivity contribution in [1.82, 2.24) is 20.4 Å². The number of carbonyl (C=O) groups is 5. The molecule has 1 unspecified atom stereocenters. The fraction of sp³-hybridized carbons (Fsp3) is 0.469. The number of anilines is 1. The maximum absolute atomic E-state index is 13.8. The van der Waals surface area contributed by atoms with Crippen molar-refractivity contribution in [3.8, 4) is 0 Å². The van der Waals surface area contributed by atoms with E-state index >= 15 is 0 Å². The molecule has 12 heteroatoms. The molecule has 2 aromatic carbocycles. The Morgan fingerprint density at radius 2 is 1.68 bits per heavy atom. The maximum Gasteiger partial charge on any atom is 0.247 e. The molecule has 5 amide bonds. The lowest BCUT2D eigenvalue weighted by Crippen LogP contribution is -2.56. The van der Waals surface area contributed by atoms with Crippen molar-refractivity contribution in [2.75, 3.05) is 31.5 Å². The number of aryl methyl sites for hydroxylation is 1. The Labute approximate surface area is 262 Å². The number of hydrogen-bond acceptors (Lipinski definition) is 6. The highest BCUT2D eigenvalue weighted by atomic mass is 35.5. The first-order chi connectivity index (χ1) is 21.2. The average molecular weight is 625 g/mol. The number of benzene rings is 2. The lowest BCUT2D eigenvalue weighted by molar-refractivity contribution is -0.144. The van der Waals surface area contributed by atoms with Gasteiger partial charge in [0, 0.05) is 56.2 Å². The van der Waals surface area contributed by atoms with E-state index in [2.05, 4.69) is 16.0 Å². The minimum atomic E-state index is -1.02. The van der Waals surface area contributed by atoms with E-state index in [4.69, 9.17) is 17.3 Å². The zero-order valence-electron chi connectivity index (χ0n) is 25.1. The number of halogens is 1. The van der Waals surface area contributed by atoms with Crippen LogP contribution in [0.1, 0.15) is 55.2 Å². The molecule has 2 aliphatic heterocycles. The molecule has 0 aliphatic carbocycles. The van der Waals surface area contributed by atoms with E-state index in [1.165, 1.54) is 4.90 Å². The van der Waals surface area contributed by atoms with Gasteiger partial charge in [0.25, 0.3) is 0 Å². The van der Waals surface area contributed by atoms with E-state index in [0.29, 0.717) is 23.8 Å². The number of nitrogens with two attached hydrogens (primary N) is 1. The quantitative estimate of drug-likeness (QED) is 0.301. The van der Waals surface area contributed by atoms with Crippen LogP contribution in [0.25, 0.3) is 0 Å². The molecule has 0 saturated carbocycles. The third-order valence-electron chi connectivity index (χ3n) is 8.13. The number of likely N-dealkylation sites (tertiary alicyclic amines) is 1. The average Bonchev–Trinajstić information content (AvgIpc) is 3.04. The Hall–Kier alpha value is -3.96. The Morgan fingerprint density at radius 1 is 0.977 bits per heavy atom. The zero-order chi connectivity index (χ0) is 31.6. The fourth-order valence-corrected chi connectivity index (χ4v) is 5.71. The topological polar surface area (TPSA) is 154 Å². The van der Waals surface area contributed by atoms with Crippen LogP contribution in [0, 0.1) is 6.92 Å². The van der Waals surface area contributed by atoms with Gasteiger partial charge in [-0.3, -0.25) is 24.0 Å².